The molecule has 10 heterocycles. The monoisotopic (exact) mass is 1860 g/mol. The fraction of sp³-hybridized carbons (Fsp3) is 0.00758. The number of nitrogens with zero attached hydrogens (tertiary/aromatic N) is 10. The van der Waals surface area contributed by atoms with Gasteiger partial charge in [-0.3, -0.25) is 9.55 Å². The third-order valence-electron chi connectivity index (χ3n) is 27.9. The van der Waals surface area contributed by atoms with E-state index in [1.165, 1.54) is 60.4 Å². The number of rotatable bonds is 14. The number of aryl methyl sites for hydroxylation is 1. The van der Waals surface area contributed by atoms with Crippen molar-refractivity contribution in [3.63, 3.8) is 0 Å². The van der Waals surface area contributed by atoms with Crippen molar-refractivity contribution < 1.29 is 13.3 Å². The number of fused-ring (bicyclic) bond motifs is 18. The maximum absolute atomic E-state index is 6.11. The third-order valence-corrected chi connectivity index (χ3v) is 27.9. The molecule has 0 saturated carbocycles. The van der Waals surface area contributed by atoms with Crippen LogP contribution in [0.5, 0.6) is 0 Å². The van der Waals surface area contributed by atoms with E-state index in [-0.39, 0.29) is 0 Å². The van der Waals surface area contributed by atoms with Gasteiger partial charge in [0.05, 0.1) is 50.2 Å². The topological polar surface area (TPSA) is 144 Å². The van der Waals surface area contributed by atoms with Gasteiger partial charge in [0.15, 0.2) is 17.5 Å². The lowest BCUT2D eigenvalue weighted by atomic mass is 10.0. The van der Waals surface area contributed by atoms with E-state index in [9.17, 15) is 0 Å². The summed E-state index contributed by atoms with van der Waals surface area (Å²) in [6.07, 6.45) is 5.67. The summed E-state index contributed by atoms with van der Waals surface area (Å²) in [6.45, 7) is 2.13. The van der Waals surface area contributed by atoms with E-state index in [0.29, 0.717) is 23.4 Å². The van der Waals surface area contributed by atoms with Crippen molar-refractivity contribution in [1.82, 2.24) is 48.6 Å². The molecule has 19 aromatic carbocycles. The molecule has 0 amide bonds. The fourth-order valence-corrected chi connectivity index (χ4v) is 20.8. The van der Waals surface area contributed by atoms with Crippen LogP contribution in [-0.4, -0.2) is 48.6 Å². The maximum Gasteiger partial charge on any atom is 0.234 e. The molecule has 29 rings (SSSR count). The zero-order valence-corrected chi connectivity index (χ0v) is 78.5. The lowest BCUT2D eigenvalue weighted by Crippen LogP contribution is -2.01. The van der Waals surface area contributed by atoms with E-state index < -0.39 is 0 Å². The van der Waals surface area contributed by atoms with Crippen molar-refractivity contribution in [2.24, 2.45) is 0 Å². The quantitative estimate of drug-likeness (QED) is 0.103. The zero-order valence-electron chi connectivity index (χ0n) is 78.5. The SMILES string of the molecule is Cc1cccc(-c2ccnc(-c3ccc(-n4c5ccccc5c5cc(-c6ccc7oc8ccccc8c7c6)ccc54)cc3)c2)c1.c1ccc(-c2cc(-c3ccccc3)nc(-c3cnc(-n4c5ccccc5c5cc(-c6ccc7oc8ccccc8c7c6)ccc54)nc3)c2)cc1.c1ccc(-c2nc(-c3ccccc3)nc(-c3cccc(-n4c5ccccc5c5cc(-c6ccc7oc8ccccc8c7c6)ccc54)c3)n2)cc1. The maximum atomic E-state index is 6.11. The van der Waals surface area contributed by atoms with Crippen LogP contribution in [-0.2, 0) is 0 Å². The Bertz CT molecular complexity index is 9990. The van der Waals surface area contributed by atoms with Crippen LogP contribution in [0.4, 0.5) is 0 Å². The Kier molecular flexibility index (Phi) is 20.8. The van der Waals surface area contributed by atoms with Gasteiger partial charge in [-0.05, 0) is 220 Å². The van der Waals surface area contributed by atoms with Crippen molar-refractivity contribution in [2.75, 3.05) is 0 Å². The fourth-order valence-electron chi connectivity index (χ4n) is 20.8. The van der Waals surface area contributed by atoms with Crippen molar-refractivity contribution in [3.8, 4) is 141 Å². The van der Waals surface area contributed by atoms with Crippen LogP contribution in [0.15, 0.2) is 505 Å². The van der Waals surface area contributed by atoms with Gasteiger partial charge in [-0.1, -0.05) is 321 Å². The predicted octanol–water partition coefficient (Wildman–Crippen LogP) is 34.5. The summed E-state index contributed by atoms with van der Waals surface area (Å²) in [6, 6.07) is 165. The molecule has 0 aliphatic carbocycles. The van der Waals surface area contributed by atoms with E-state index in [1.807, 2.05) is 140 Å². The summed E-state index contributed by atoms with van der Waals surface area (Å²) in [5.41, 5.74) is 35.7. The van der Waals surface area contributed by atoms with Crippen LogP contribution in [0, 0.1) is 6.92 Å². The van der Waals surface area contributed by atoms with Gasteiger partial charge in [-0.2, -0.15) is 0 Å². The van der Waals surface area contributed by atoms with E-state index in [2.05, 4.69) is 372 Å². The zero-order chi connectivity index (χ0) is 95.9. The highest BCUT2D eigenvalue weighted by molar-refractivity contribution is 6.15. The molecule has 10 aromatic heterocycles. The van der Waals surface area contributed by atoms with Crippen molar-refractivity contribution in [1.29, 1.82) is 0 Å². The van der Waals surface area contributed by atoms with Crippen molar-refractivity contribution >= 4 is 131 Å². The third kappa shape index (κ3) is 15.5. The molecule has 13 nitrogen and oxygen atoms in total. The summed E-state index contributed by atoms with van der Waals surface area (Å²) < 4.78 is 25.1. The van der Waals surface area contributed by atoms with Crippen LogP contribution >= 0.6 is 0 Å². The summed E-state index contributed by atoms with van der Waals surface area (Å²) in [7, 11) is 0. The van der Waals surface area contributed by atoms with Crippen LogP contribution in [0.3, 0.4) is 0 Å². The Morgan fingerprint density at radius 3 is 0.972 bits per heavy atom. The number of benzene rings is 19. The van der Waals surface area contributed by atoms with Crippen LogP contribution in [0.1, 0.15) is 5.56 Å². The minimum Gasteiger partial charge on any atom is -0.456 e. The lowest BCUT2D eigenvalue weighted by Gasteiger charge is -2.12. The number of furan rings is 3. The highest BCUT2D eigenvalue weighted by atomic mass is 16.3. The smallest absolute Gasteiger partial charge is 0.234 e. The summed E-state index contributed by atoms with van der Waals surface area (Å²) in [4.78, 5) is 34.5. The normalized spacial score (nSPS) is 11.6. The Morgan fingerprint density at radius 2 is 0.497 bits per heavy atom. The van der Waals surface area contributed by atoms with Gasteiger partial charge in [0.1, 0.15) is 33.5 Å². The van der Waals surface area contributed by atoms with Gasteiger partial charge in [-0.25, -0.2) is 29.9 Å². The second-order valence-corrected chi connectivity index (χ2v) is 36.7. The Hall–Kier alpha value is -19.6. The first kappa shape index (κ1) is 84.6. The van der Waals surface area contributed by atoms with E-state index in [4.69, 9.17) is 48.1 Å². The molecule has 0 saturated heterocycles. The second kappa shape index (κ2) is 35.7. The first-order chi connectivity index (χ1) is 71.7. The van der Waals surface area contributed by atoms with Gasteiger partial charge in [-0.15, -0.1) is 0 Å². The van der Waals surface area contributed by atoms with Gasteiger partial charge in [0, 0.05) is 128 Å². The average molecular weight is 1860 g/mol. The first-order valence-electron chi connectivity index (χ1n) is 48.7. The highest BCUT2D eigenvalue weighted by Crippen LogP contribution is 2.45. The molecular formula is C132H84N10O3. The number of hydrogen-bond donors (Lipinski definition) is 0. The molecule has 0 atom stereocenters. The largest absolute Gasteiger partial charge is 0.456 e. The van der Waals surface area contributed by atoms with E-state index >= 15 is 0 Å². The molecule has 680 valence electrons. The number of aromatic nitrogens is 10. The molecule has 0 aliphatic heterocycles. The summed E-state index contributed by atoms with van der Waals surface area (Å²) >= 11 is 0. The molecular weight excluding hydrogens is 1770 g/mol. The molecule has 0 aliphatic rings. The molecule has 13 heteroatoms. The van der Waals surface area contributed by atoms with Gasteiger partial charge in [0.25, 0.3) is 0 Å². The van der Waals surface area contributed by atoms with Crippen LogP contribution in [0.25, 0.3) is 272 Å². The number of pyridine rings is 2. The molecule has 0 unspecified atom stereocenters. The van der Waals surface area contributed by atoms with Gasteiger partial charge >= 0.3 is 0 Å². The molecule has 29 aromatic rings. The average Bonchev–Trinajstić information content (AvgIpc) is 1.57. The number of hydrogen-bond acceptors (Lipinski definition) is 10. The van der Waals surface area contributed by atoms with Crippen molar-refractivity contribution in [2.45, 2.75) is 6.92 Å². The summed E-state index contributed by atoms with van der Waals surface area (Å²) in [5.74, 6) is 2.53. The summed E-state index contributed by atoms with van der Waals surface area (Å²) in [5, 5.41) is 13.9. The highest BCUT2D eigenvalue weighted by Gasteiger charge is 2.24. The second-order valence-electron chi connectivity index (χ2n) is 36.7. The molecule has 0 N–H and O–H groups in total. The van der Waals surface area contributed by atoms with E-state index in [1.54, 1.807) is 0 Å². The van der Waals surface area contributed by atoms with Gasteiger partial charge in [0.2, 0.25) is 5.95 Å². The van der Waals surface area contributed by atoms with Crippen LogP contribution < -0.4 is 0 Å². The van der Waals surface area contributed by atoms with Crippen LogP contribution in [0.2, 0.25) is 0 Å². The predicted molar refractivity (Wildman–Crippen MR) is 593 cm³/mol. The molecule has 0 spiro atoms. The molecule has 0 fully saturated rings. The minimum atomic E-state index is 0.612. The first-order valence-corrected chi connectivity index (χ1v) is 48.7. The van der Waals surface area contributed by atoms with E-state index in [0.717, 1.165) is 194 Å². The minimum absolute atomic E-state index is 0.612. The Balaban J connectivity index is 0.000000108. The lowest BCUT2D eigenvalue weighted by molar-refractivity contribution is 0.668. The molecule has 145 heavy (non-hydrogen) atoms. The Labute approximate surface area is 832 Å². The molecule has 0 radical (unpaired) electrons. The molecule has 0 bridgehead atoms. The number of para-hydroxylation sites is 6. The van der Waals surface area contributed by atoms with Gasteiger partial charge < -0.3 is 22.4 Å². The van der Waals surface area contributed by atoms with Crippen molar-refractivity contribution in [3.05, 3.63) is 497 Å². The Morgan fingerprint density at radius 1 is 0.172 bits per heavy atom. The standard InChI is InChI=1S/2C45H28N4O.C42H28N2O/c1-3-12-29(13-4-1)43-46-44(30-14-5-2-6-15-30)48-45(47-43)33-16-11-17-34(26-33)49-39-20-9-7-18-35(39)37-27-31(22-24-40(37)49)32-23-25-42-38(28-32)36-19-8-10-21-41(36)50-42;1-3-11-29(12-4-1)33-25-39(30-13-5-2-6-14-30)48-40(26-33)34-27-46-45(47-28-34)49-41-17-9-7-15-35(41)37-23-31(19-21-42(37)49)32-20-22-44-38(24-32)36-16-8-10-18-43(36)50-44;1-27-7-6-8-29(23-27)32-21-22-43-38(26-32)28-13-17-33(18-14-28)44-39-11-4-2-9-34(39)36-24-30(15-19-40(36)44)31-16-20-42-37(25-31)35-10-3-5-12-41(35)45-42/h2*1-28H;2-26H,1H3.